The van der Waals surface area contributed by atoms with E-state index in [1.165, 1.54) is 0 Å². The van der Waals surface area contributed by atoms with Crippen molar-refractivity contribution in [3.8, 4) is 0 Å². The summed E-state index contributed by atoms with van der Waals surface area (Å²) in [5, 5.41) is 0. The lowest BCUT2D eigenvalue weighted by molar-refractivity contribution is -0.126. The van der Waals surface area contributed by atoms with Crippen molar-refractivity contribution in [1.29, 1.82) is 0 Å². The fourth-order valence-corrected chi connectivity index (χ4v) is 2.09. The first-order chi connectivity index (χ1) is 7.77. The van der Waals surface area contributed by atoms with Gasteiger partial charge in [-0.15, -0.1) is 0 Å². The van der Waals surface area contributed by atoms with E-state index in [1.54, 1.807) is 6.08 Å². The minimum atomic E-state index is 0.133. The van der Waals surface area contributed by atoms with Gasteiger partial charge in [-0.25, -0.2) is 0 Å². The van der Waals surface area contributed by atoms with E-state index in [4.69, 9.17) is 0 Å². The first-order valence-electron chi connectivity index (χ1n) is 5.81. The van der Waals surface area contributed by atoms with Gasteiger partial charge in [0.15, 0.2) is 0 Å². The molecular formula is C14H17NO. The van der Waals surface area contributed by atoms with E-state index < -0.39 is 0 Å². The monoisotopic (exact) mass is 215 g/mol. The summed E-state index contributed by atoms with van der Waals surface area (Å²) >= 11 is 0. The predicted molar refractivity (Wildman–Crippen MR) is 65.9 cm³/mol. The van der Waals surface area contributed by atoms with Crippen LogP contribution in [0.2, 0.25) is 0 Å². The molecule has 1 aromatic carbocycles. The molecule has 1 saturated heterocycles. The molecule has 1 aromatic rings. The number of likely N-dealkylation sites (tertiary alicyclic amines) is 1. The van der Waals surface area contributed by atoms with Gasteiger partial charge >= 0.3 is 0 Å². The Labute approximate surface area is 96.6 Å². The van der Waals surface area contributed by atoms with Crippen molar-refractivity contribution in [2.75, 3.05) is 6.54 Å². The van der Waals surface area contributed by atoms with Gasteiger partial charge in [0.1, 0.15) is 0 Å². The van der Waals surface area contributed by atoms with Gasteiger partial charge in [-0.2, -0.15) is 0 Å². The number of amides is 1. The molecule has 2 heteroatoms. The van der Waals surface area contributed by atoms with Crippen molar-refractivity contribution in [1.82, 2.24) is 4.90 Å². The SMILES string of the molecule is CC1CCCN1C(=O)C=Cc1ccccc1. The summed E-state index contributed by atoms with van der Waals surface area (Å²) in [7, 11) is 0. The van der Waals surface area contributed by atoms with Crippen molar-refractivity contribution in [3.63, 3.8) is 0 Å². The first-order valence-corrected chi connectivity index (χ1v) is 5.81. The number of hydrogen-bond donors (Lipinski definition) is 0. The van der Waals surface area contributed by atoms with Gasteiger partial charge in [0.05, 0.1) is 0 Å². The third kappa shape index (κ3) is 2.51. The molecule has 1 atom stereocenters. The maximum atomic E-state index is 11.9. The molecule has 1 unspecified atom stereocenters. The number of nitrogens with zero attached hydrogens (tertiary/aromatic N) is 1. The highest BCUT2D eigenvalue weighted by atomic mass is 16.2. The first kappa shape index (κ1) is 10.9. The Morgan fingerprint density at radius 2 is 2.12 bits per heavy atom. The van der Waals surface area contributed by atoms with Crippen molar-refractivity contribution in [3.05, 3.63) is 42.0 Å². The van der Waals surface area contributed by atoms with E-state index in [0.717, 1.165) is 24.9 Å². The molecule has 0 bridgehead atoms. The van der Waals surface area contributed by atoms with Gasteiger partial charge in [0.25, 0.3) is 0 Å². The molecular weight excluding hydrogens is 198 g/mol. The number of rotatable bonds is 2. The Morgan fingerprint density at radius 3 is 2.75 bits per heavy atom. The minimum absolute atomic E-state index is 0.133. The highest BCUT2D eigenvalue weighted by Crippen LogP contribution is 2.16. The summed E-state index contributed by atoms with van der Waals surface area (Å²) in [6.07, 6.45) is 5.82. The maximum absolute atomic E-state index is 11.9. The normalized spacial score (nSPS) is 20.6. The van der Waals surface area contributed by atoms with Crippen LogP contribution in [0.3, 0.4) is 0 Å². The summed E-state index contributed by atoms with van der Waals surface area (Å²) in [6.45, 7) is 3.01. The Bertz CT molecular complexity index is 383. The van der Waals surface area contributed by atoms with Gasteiger partial charge in [0.2, 0.25) is 5.91 Å². The molecule has 1 fully saturated rings. The Hall–Kier alpha value is -1.57. The molecule has 2 nitrogen and oxygen atoms in total. The largest absolute Gasteiger partial charge is 0.336 e. The van der Waals surface area contributed by atoms with Gasteiger partial charge in [-0.05, 0) is 31.4 Å². The summed E-state index contributed by atoms with van der Waals surface area (Å²) in [6, 6.07) is 10.3. The van der Waals surface area contributed by atoms with Crippen LogP contribution in [-0.4, -0.2) is 23.4 Å². The third-order valence-corrected chi connectivity index (χ3v) is 3.05. The number of carbonyl (C=O) groups excluding carboxylic acids is 1. The average molecular weight is 215 g/mol. The van der Waals surface area contributed by atoms with Crippen LogP contribution in [0, 0.1) is 0 Å². The van der Waals surface area contributed by atoms with E-state index in [2.05, 4.69) is 6.92 Å². The molecule has 1 amide bonds. The second kappa shape index (κ2) is 4.97. The standard InChI is InChI=1S/C14H17NO/c1-12-6-5-11-15(12)14(16)10-9-13-7-3-2-4-8-13/h2-4,7-10,12H,5-6,11H2,1H3. The molecule has 0 N–H and O–H groups in total. The van der Waals surface area contributed by atoms with Crippen LogP contribution in [0.1, 0.15) is 25.3 Å². The minimum Gasteiger partial charge on any atom is -0.336 e. The van der Waals surface area contributed by atoms with Crippen molar-refractivity contribution < 1.29 is 4.79 Å². The zero-order valence-corrected chi connectivity index (χ0v) is 9.60. The Kier molecular flexibility index (Phi) is 3.40. The Balaban J connectivity index is 1.99. The lowest BCUT2D eigenvalue weighted by Gasteiger charge is -2.19. The molecule has 1 aliphatic rings. The van der Waals surface area contributed by atoms with E-state index in [0.29, 0.717) is 6.04 Å². The van der Waals surface area contributed by atoms with Crippen LogP contribution in [0.25, 0.3) is 6.08 Å². The second-order valence-corrected chi connectivity index (χ2v) is 4.27. The second-order valence-electron chi connectivity index (χ2n) is 4.27. The molecule has 1 heterocycles. The summed E-state index contributed by atoms with van der Waals surface area (Å²) in [4.78, 5) is 13.8. The highest BCUT2D eigenvalue weighted by Gasteiger charge is 2.22. The van der Waals surface area contributed by atoms with Gasteiger partial charge in [-0.1, -0.05) is 30.3 Å². The van der Waals surface area contributed by atoms with Crippen molar-refractivity contribution >= 4 is 12.0 Å². The molecule has 2 rings (SSSR count). The smallest absolute Gasteiger partial charge is 0.246 e. The summed E-state index contributed by atoms with van der Waals surface area (Å²) < 4.78 is 0. The molecule has 16 heavy (non-hydrogen) atoms. The van der Waals surface area contributed by atoms with Crippen LogP contribution < -0.4 is 0 Å². The molecule has 0 radical (unpaired) electrons. The van der Waals surface area contributed by atoms with Crippen LogP contribution in [0.4, 0.5) is 0 Å². The van der Waals surface area contributed by atoms with Crippen LogP contribution in [-0.2, 0) is 4.79 Å². The molecule has 0 aromatic heterocycles. The van der Waals surface area contributed by atoms with Crippen molar-refractivity contribution in [2.45, 2.75) is 25.8 Å². The van der Waals surface area contributed by atoms with Crippen LogP contribution in [0.5, 0.6) is 0 Å². The Morgan fingerprint density at radius 1 is 1.38 bits per heavy atom. The summed E-state index contributed by atoms with van der Waals surface area (Å²) in [5.74, 6) is 0.133. The van der Waals surface area contributed by atoms with E-state index in [1.807, 2.05) is 41.3 Å². The van der Waals surface area contributed by atoms with E-state index in [-0.39, 0.29) is 5.91 Å². The third-order valence-electron chi connectivity index (χ3n) is 3.05. The quantitative estimate of drug-likeness (QED) is 0.695. The zero-order chi connectivity index (χ0) is 11.4. The van der Waals surface area contributed by atoms with E-state index >= 15 is 0 Å². The van der Waals surface area contributed by atoms with Gasteiger partial charge in [0, 0.05) is 18.7 Å². The van der Waals surface area contributed by atoms with Crippen LogP contribution >= 0.6 is 0 Å². The number of hydrogen-bond acceptors (Lipinski definition) is 1. The predicted octanol–water partition coefficient (Wildman–Crippen LogP) is 2.71. The van der Waals surface area contributed by atoms with Gasteiger partial charge in [-0.3, -0.25) is 4.79 Å². The zero-order valence-electron chi connectivity index (χ0n) is 9.60. The molecule has 84 valence electrons. The number of carbonyl (C=O) groups is 1. The van der Waals surface area contributed by atoms with Crippen LogP contribution in [0.15, 0.2) is 36.4 Å². The molecule has 0 saturated carbocycles. The maximum Gasteiger partial charge on any atom is 0.246 e. The summed E-state index contributed by atoms with van der Waals surface area (Å²) in [5.41, 5.74) is 1.07. The number of benzene rings is 1. The average Bonchev–Trinajstić information content (AvgIpc) is 2.74. The molecule has 0 spiro atoms. The van der Waals surface area contributed by atoms with E-state index in [9.17, 15) is 4.79 Å². The highest BCUT2D eigenvalue weighted by molar-refractivity contribution is 5.92. The fraction of sp³-hybridized carbons (Fsp3) is 0.357. The van der Waals surface area contributed by atoms with Gasteiger partial charge < -0.3 is 4.90 Å². The molecule has 0 aliphatic carbocycles. The van der Waals surface area contributed by atoms with Crippen molar-refractivity contribution in [2.24, 2.45) is 0 Å². The topological polar surface area (TPSA) is 20.3 Å². The molecule has 1 aliphatic heterocycles. The fourth-order valence-electron chi connectivity index (χ4n) is 2.09. The lowest BCUT2D eigenvalue weighted by atomic mass is 10.2. The lowest BCUT2D eigenvalue weighted by Crippen LogP contribution is -2.32.